The van der Waals surface area contributed by atoms with E-state index in [4.69, 9.17) is 4.74 Å². The van der Waals surface area contributed by atoms with E-state index in [-0.39, 0.29) is 6.04 Å². The monoisotopic (exact) mass is 289 g/mol. The van der Waals surface area contributed by atoms with Crippen molar-refractivity contribution in [2.75, 3.05) is 0 Å². The van der Waals surface area contributed by atoms with Gasteiger partial charge in [0.05, 0.1) is 6.04 Å². The van der Waals surface area contributed by atoms with Crippen LogP contribution in [-0.2, 0) is 0 Å². The Morgan fingerprint density at radius 3 is 2.59 bits per heavy atom. The average Bonchev–Trinajstić information content (AvgIpc) is 2.54. The van der Waals surface area contributed by atoms with Gasteiger partial charge in [0.15, 0.2) is 0 Å². The molecule has 0 saturated heterocycles. The standard InChI is InChI=1S/C19H15NO2/c1-12-6-2-4-8-14(12)18-17-15-9-5-3-7-13(15)10-11-16(17)22-19(21)20-18/h2-11,18H,1H3,(H,20,21). The maximum Gasteiger partial charge on any atom is 0.413 e. The molecule has 0 fully saturated rings. The summed E-state index contributed by atoms with van der Waals surface area (Å²) in [4.78, 5) is 11.9. The van der Waals surface area contributed by atoms with E-state index in [1.54, 1.807) is 0 Å². The number of carbonyl (C=O) groups excluding carboxylic acids is 1. The molecule has 0 saturated carbocycles. The first-order valence-corrected chi connectivity index (χ1v) is 7.29. The molecule has 0 spiro atoms. The maximum atomic E-state index is 11.9. The van der Waals surface area contributed by atoms with Gasteiger partial charge in [0.1, 0.15) is 5.75 Å². The highest BCUT2D eigenvalue weighted by Gasteiger charge is 2.29. The summed E-state index contributed by atoms with van der Waals surface area (Å²) in [6.45, 7) is 2.06. The van der Waals surface area contributed by atoms with Crippen LogP contribution in [0.1, 0.15) is 22.7 Å². The molecular weight excluding hydrogens is 274 g/mol. The summed E-state index contributed by atoms with van der Waals surface area (Å²) in [6.07, 6.45) is -0.406. The lowest BCUT2D eigenvalue weighted by molar-refractivity contribution is 0.191. The Labute approximate surface area is 128 Å². The van der Waals surface area contributed by atoms with Gasteiger partial charge >= 0.3 is 6.09 Å². The molecule has 3 heteroatoms. The van der Waals surface area contributed by atoms with Gasteiger partial charge in [-0.3, -0.25) is 0 Å². The SMILES string of the molecule is Cc1ccccc1C1NC(=O)Oc2ccc3ccccc3c21. The molecule has 1 amide bonds. The van der Waals surface area contributed by atoms with Crippen molar-refractivity contribution in [3.05, 3.63) is 77.4 Å². The van der Waals surface area contributed by atoms with Crippen LogP contribution in [0.15, 0.2) is 60.7 Å². The molecule has 4 rings (SSSR count). The van der Waals surface area contributed by atoms with Gasteiger partial charge in [-0.1, -0.05) is 54.6 Å². The third-order valence-corrected chi connectivity index (χ3v) is 4.18. The minimum Gasteiger partial charge on any atom is -0.410 e. The molecule has 1 atom stereocenters. The van der Waals surface area contributed by atoms with E-state index in [1.165, 1.54) is 0 Å². The fraction of sp³-hybridized carbons (Fsp3) is 0.105. The second-order valence-electron chi connectivity index (χ2n) is 5.52. The van der Waals surface area contributed by atoms with Crippen molar-refractivity contribution in [3.8, 4) is 5.75 Å². The molecule has 1 N–H and O–H groups in total. The van der Waals surface area contributed by atoms with Crippen LogP contribution in [0.4, 0.5) is 4.79 Å². The van der Waals surface area contributed by atoms with Crippen molar-refractivity contribution in [2.24, 2.45) is 0 Å². The van der Waals surface area contributed by atoms with Crippen LogP contribution >= 0.6 is 0 Å². The van der Waals surface area contributed by atoms with Crippen molar-refractivity contribution in [2.45, 2.75) is 13.0 Å². The lowest BCUT2D eigenvalue weighted by atomic mass is 9.90. The molecule has 3 aromatic rings. The van der Waals surface area contributed by atoms with Crippen LogP contribution in [-0.4, -0.2) is 6.09 Å². The molecule has 1 aliphatic rings. The molecule has 22 heavy (non-hydrogen) atoms. The quantitative estimate of drug-likeness (QED) is 0.723. The molecule has 0 bridgehead atoms. The molecule has 0 radical (unpaired) electrons. The first kappa shape index (κ1) is 12.9. The van der Waals surface area contributed by atoms with E-state index in [2.05, 4.69) is 36.5 Å². The highest BCUT2D eigenvalue weighted by Crippen LogP contribution is 2.39. The minimum absolute atomic E-state index is 0.191. The molecule has 108 valence electrons. The first-order chi connectivity index (χ1) is 10.7. The number of rotatable bonds is 1. The second-order valence-corrected chi connectivity index (χ2v) is 5.52. The largest absolute Gasteiger partial charge is 0.413 e. The highest BCUT2D eigenvalue weighted by molar-refractivity contribution is 5.91. The zero-order valence-corrected chi connectivity index (χ0v) is 12.2. The zero-order valence-electron chi connectivity index (χ0n) is 12.2. The number of carbonyl (C=O) groups is 1. The molecular formula is C19H15NO2. The van der Waals surface area contributed by atoms with E-state index in [0.29, 0.717) is 5.75 Å². The second kappa shape index (κ2) is 4.88. The third kappa shape index (κ3) is 1.94. The van der Waals surface area contributed by atoms with Crippen LogP contribution in [0.3, 0.4) is 0 Å². The van der Waals surface area contributed by atoms with Crippen molar-refractivity contribution in [1.82, 2.24) is 5.32 Å². The van der Waals surface area contributed by atoms with Crippen molar-refractivity contribution in [1.29, 1.82) is 0 Å². The minimum atomic E-state index is -0.406. The van der Waals surface area contributed by atoms with Crippen LogP contribution in [0.2, 0.25) is 0 Å². The van der Waals surface area contributed by atoms with Gasteiger partial charge in [-0.25, -0.2) is 4.79 Å². The molecule has 3 aromatic carbocycles. The number of nitrogens with one attached hydrogen (secondary N) is 1. The van der Waals surface area contributed by atoms with Crippen LogP contribution in [0.25, 0.3) is 10.8 Å². The number of amides is 1. The first-order valence-electron chi connectivity index (χ1n) is 7.29. The Bertz CT molecular complexity index is 885. The Balaban J connectivity index is 2.02. The van der Waals surface area contributed by atoms with Crippen LogP contribution in [0, 0.1) is 6.92 Å². The number of benzene rings is 3. The van der Waals surface area contributed by atoms with E-state index in [1.807, 2.05) is 36.4 Å². The average molecular weight is 289 g/mol. The number of fused-ring (bicyclic) bond motifs is 3. The molecule has 1 aliphatic heterocycles. The molecule has 3 nitrogen and oxygen atoms in total. The van der Waals surface area contributed by atoms with E-state index < -0.39 is 6.09 Å². The van der Waals surface area contributed by atoms with Gasteiger partial charge in [0, 0.05) is 5.56 Å². The highest BCUT2D eigenvalue weighted by atomic mass is 16.6. The van der Waals surface area contributed by atoms with Gasteiger partial charge in [-0.05, 0) is 34.9 Å². The zero-order chi connectivity index (χ0) is 15.1. The smallest absolute Gasteiger partial charge is 0.410 e. The van der Waals surface area contributed by atoms with E-state index in [0.717, 1.165) is 27.5 Å². The van der Waals surface area contributed by atoms with Gasteiger partial charge < -0.3 is 10.1 Å². The Hall–Kier alpha value is -2.81. The molecule has 1 heterocycles. The fourth-order valence-electron chi connectivity index (χ4n) is 3.13. The van der Waals surface area contributed by atoms with E-state index in [9.17, 15) is 4.79 Å². The summed E-state index contributed by atoms with van der Waals surface area (Å²) < 4.78 is 5.38. The number of hydrogen-bond acceptors (Lipinski definition) is 2. The third-order valence-electron chi connectivity index (χ3n) is 4.18. The lowest BCUT2D eigenvalue weighted by Gasteiger charge is -2.28. The summed E-state index contributed by atoms with van der Waals surface area (Å²) in [5, 5.41) is 5.20. The predicted molar refractivity (Wildman–Crippen MR) is 86.1 cm³/mol. The summed E-state index contributed by atoms with van der Waals surface area (Å²) in [5.74, 6) is 0.635. The van der Waals surface area contributed by atoms with Gasteiger partial charge in [0.25, 0.3) is 0 Å². The molecule has 1 unspecified atom stereocenters. The van der Waals surface area contributed by atoms with Crippen molar-refractivity contribution < 1.29 is 9.53 Å². The van der Waals surface area contributed by atoms with Crippen LogP contribution in [0.5, 0.6) is 5.75 Å². The Morgan fingerprint density at radius 1 is 0.955 bits per heavy atom. The predicted octanol–water partition coefficient (Wildman–Crippen LogP) is 4.34. The molecule has 0 aliphatic carbocycles. The van der Waals surface area contributed by atoms with Gasteiger partial charge in [-0.15, -0.1) is 0 Å². The normalized spacial score (nSPS) is 16.8. The Kier molecular flexibility index (Phi) is 2.86. The van der Waals surface area contributed by atoms with Gasteiger partial charge in [-0.2, -0.15) is 0 Å². The summed E-state index contributed by atoms with van der Waals surface area (Å²) >= 11 is 0. The van der Waals surface area contributed by atoms with Crippen LogP contribution < -0.4 is 10.1 Å². The fourth-order valence-corrected chi connectivity index (χ4v) is 3.13. The molecule has 0 aromatic heterocycles. The van der Waals surface area contributed by atoms with E-state index >= 15 is 0 Å². The topological polar surface area (TPSA) is 38.3 Å². The maximum absolute atomic E-state index is 11.9. The lowest BCUT2D eigenvalue weighted by Crippen LogP contribution is -2.36. The van der Waals surface area contributed by atoms with Crippen molar-refractivity contribution >= 4 is 16.9 Å². The number of aryl methyl sites for hydroxylation is 1. The van der Waals surface area contributed by atoms with Crippen molar-refractivity contribution in [3.63, 3.8) is 0 Å². The number of ether oxygens (including phenoxy) is 1. The summed E-state index contributed by atoms with van der Waals surface area (Å²) in [5.41, 5.74) is 3.26. The Morgan fingerprint density at radius 2 is 1.73 bits per heavy atom. The summed E-state index contributed by atoms with van der Waals surface area (Å²) in [6, 6.07) is 19.9. The van der Waals surface area contributed by atoms with Gasteiger partial charge in [0.2, 0.25) is 0 Å². The number of hydrogen-bond donors (Lipinski definition) is 1. The summed E-state index contributed by atoms with van der Waals surface area (Å²) in [7, 11) is 0.